The summed E-state index contributed by atoms with van der Waals surface area (Å²) in [6.45, 7) is 15.6. The molecule has 0 aromatic heterocycles. The minimum atomic E-state index is -1.10. The van der Waals surface area contributed by atoms with E-state index in [1.807, 2.05) is 19.9 Å². The molecule has 1 N–H and O–H groups in total. The van der Waals surface area contributed by atoms with Crippen molar-refractivity contribution in [3.05, 3.63) is 34.9 Å². The molecule has 20 heavy (non-hydrogen) atoms. The Kier molecular flexibility index (Phi) is 5.57. The zero-order valence-corrected chi connectivity index (χ0v) is 15.0. The Balaban J connectivity index is 3.00. The summed E-state index contributed by atoms with van der Waals surface area (Å²) in [6, 6.07) is 7.51. The molecule has 3 heteroatoms. The van der Waals surface area contributed by atoms with Gasteiger partial charge in [-0.05, 0) is 49.9 Å². The molecule has 2 nitrogen and oxygen atoms in total. The van der Waals surface area contributed by atoms with Gasteiger partial charge in [0.05, 0.1) is 0 Å². The van der Waals surface area contributed by atoms with Gasteiger partial charge in [-0.25, -0.2) is 0 Å². The average molecular weight is 292 g/mol. The number of nitrogens with one attached hydrogen (secondary N) is 1. The number of aryl methyl sites for hydroxylation is 1. The van der Waals surface area contributed by atoms with E-state index in [-0.39, 0.29) is 11.9 Å². The second-order valence-corrected chi connectivity index (χ2v) is 12.9. The number of benzene rings is 1. The third-order valence-corrected chi connectivity index (χ3v) is 5.25. The van der Waals surface area contributed by atoms with Crippen LogP contribution in [0.3, 0.4) is 0 Å². The Morgan fingerprint density at radius 2 is 1.80 bits per heavy atom. The summed E-state index contributed by atoms with van der Waals surface area (Å²) in [5.74, 6) is 0.551. The number of hydrogen-bond acceptors (Lipinski definition) is 1. The number of amides is 1. The second kappa shape index (κ2) is 6.57. The van der Waals surface area contributed by atoms with Crippen LogP contribution >= 0.6 is 0 Å². The van der Waals surface area contributed by atoms with Crippen molar-refractivity contribution in [1.29, 1.82) is 0 Å². The summed E-state index contributed by atoms with van der Waals surface area (Å²) in [4.78, 5) is 12.1. The van der Waals surface area contributed by atoms with Gasteiger partial charge in [0.1, 0.15) is 0 Å². The van der Waals surface area contributed by atoms with Gasteiger partial charge in [0, 0.05) is 19.7 Å². The van der Waals surface area contributed by atoms with E-state index >= 15 is 0 Å². The molecule has 0 aliphatic rings. The highest BCUT2D eigenvalue weighted by Crippen LogP contribution is 2.29. The first-order valence-electron chi connectivity index (χ1n) is 7.51. The van der Waals surface area contributed by atoms with E-state index in [9.17, 15) is 4.79 Å². The molecule has 0 aliphatic carbocycles. The highest BCUT2D eigenvalue weighted by Gasteiger charge is 2.20. The van der Waals surface area contributed by atoms with Crippen LogP contribution in [0.15, 0.2) is 18.2 Å². The maximum absolute atomic E-state index is 12.1. The van der Waals surface area contributed by atoms with Crippen molar-refractivity contribution in [2.45, 2.75) is 65.3 Å². The molecule has 1 aromatic rings. The molecule has 1 amide bonds. The first-order chi connectivity index (χ1) is 9.10. The molecule has 1 aromatic carbocycles. The lowest BCUT2D eigenvalue weighted by Gasteiger charge is -2.23. The van der Waals surface area contributed by atoms with Crippen LogP contribution in [0.2, 0.25) is 25.7 Å². The Bertz CT molecular complexity index is 474. The molecule has 0 fully saturated rings. The van der Waals surface area contributed by atoms with Crippen molar-refractivity contribution in [3.63, 3.8) is 0 Å². The van der Waals surface area contributed by atoms with Crippen LogP contribution in [-0.4, -0.2) is 20.0 Å². The standard InChI is InChI=1S/C17H29NOSi/c1-12(2)18-17(19)15-9-8-13(3)16(10-15)14(4)11-20(5,6)7/h8-10,12,14H,11H2,1-7H3,(H,18,19). The van der Waals surface area contributed by atoms with Crippen LogP contribution in [0.25, 0.3) is 0 Å². The fraction of sp³-hybridized carbons (Fsp3) is 0.588. The maximum atomic E-state index is 12.1. The summed E-state index contributed by atoms with van der Waals surface area (Å²) < 4.78 is 0. The van der Waals surface area contributed by atoms with E-state index in [1.54, 1.807) is 0 Å². The molecule has 112 valence electrons. The number of hydrogen-bond donors (Lipinski definition) is 1. The summed E-state index contributed by atoms with van der Waals surface area (Å²) in [6.07, 6.45) is 0. The summed E-state index contributed by atoms with van der Waals surface area (Å²) >= 11 is 0. The molecule has 0 saturated heterocycles. The predicted octanol–water partition coefficient (Wildman–Crippen LogP) is 4.57. The molecule has 0 bridgehead atoms. The van der Waals surface area contributed by atoms with Crippen molar-refractivity contribution < 1.29 is 4.79 Å². The number of rotatable bonds is 5. The molecule has 1 atom stereocenters. The normalized spacial score (nSPS) is 13.4. The second-order valence-electron chi connectivity index (χ2n) is 7.37. The van der Waals surface area contributed by atoms with Gasteiger partial charge in [0.15, 0.2) is 0 Å². The number of carbonyl (C=O) groups excluding carboxylic acids is 1. The first-order valence-corrected chi connectivity index (χ1v) is 11.2. The van der Waals surface area contributed by atoms with Crippen LogP contribution in [0.5, 0.6) is 0 Å². The third-order valence-electron chi connectivity index (χ3n) is 3.41. The van der Waals surface area contributed by atoms with Crippen LogP contribution in [0, 0.1) is 6.92 Å². The van der Waals surface area contributed by atoms with Crippen LogP contribution in [0.1, 0.15) is 48.2 Å². The van der Waals surface area contributed by atoms with Crippen molar-refractivity contribution in [1.82, 2.24) is 5.32 Å². The molecular formula is C17H29NOSi. The van der Waals surface area contributed by atoms with Gasteiger partial charge < -0.3 is 5.32 Å². The topological polar surface area (TPSA) is 29.1 Å². The molecule has 0 radical (unpaired) electrons. The summed E-state index contributed by atoms with van der Waals surface area (Å²) in [5, 5.41) is 2.96. The fourth-order valence-corrected chi connectivity index (χ4v) is 4.74. The van der Waals surface area contributed by atoms with E-state index < -0.39 is 8.07 Å². The lowest BCUT2D eigenvalue weighted by atomic mass is 9.95. The summed E-state index contributed by atoms with van der Waals surface area (Å²) in [7, 11) is -1.10. The highest BCUT2D eigenvalue weighted by atomic mass is 28.3. The zero-order chi connectivity index (χ0) is 15.5. The van der Waals surface area contributed by atoms with Gasteiger partial charge >= 0.3 is 0 Å². The molecule has 0 heterocycles. The van der Waals surface area contributed by atoms with E-state index in [1.165, 1.54) is 17.2 Å². The SMILES string of the molecule is Cc1ccc(C(=O)NC(C)C)cc1C(C)C[Si](C)(C)C. The van der Waals surface area contributed by atoms with E-state index in [0.29, 0.717) is 5.92 Å². The Morgan fingerprint density at radius 3 is 2.30 bits per heavy atom. The Hall–Kier alpha value is -1.09. The van der Waals surface area contributed by atoms with Gasteiger partial charge in [-0.3, -0.25) is 4.79 Å². The minimum Gasteiger partial charge on any atom is -0.350 e. The molecule has 0 spiro atoms. The van der Waals surface area contributed by atoms with Gasteiger partial charge in [-0.1, -0.05) is 38.7 Å². The summed E-state index contributed by atoms with van der Waals surface area (Å²) in [5.41, 5.74) is 3.39. The number of carbonyl (C=O) groups is 1. The minimum absolute atomic E-state index is 0.0291. The monoisotopic (exact) mass is 291 g/mol. The van der Waals surface area contributed by atoms with E-state index in [2.05, 4.69) is 50.9 Å². The third kappa shape index (κ3) is 5.12. The van der Waals surface area contributed by atoms with Crippen molar-refractivity contribution in [2.24, 2.45) is 0 Å². The van der Waals surface area contributed by atoms with Gasteiger partial charge in [0.25, 0.3) is 5.91 Å². The average Bonchev–Trinajstić information content (AvgIpc) is 2.25. The predicted molar refractivity (Wildman–Crippen MR) is 90.3 cm³/mol. The van der Waals surface area contributed by atoms with Gasteiger partial charge in [-0.2, -0.15) is 0 Å². The molecule has 1 unspecified atom stereocenters. The molecular weight excluding hydrogens is 262 g/mol. The fourth-order valence-electron chi connectivity index (χ4n) is 2.69. The zero-order valence-electron chi connectivity index (χ0n) is 14.0. The van der Waals surface area contributed by atoms with Crippen LogP contribution < -0.4 is 5.32 Å². The maximum Gasteiger partial charge on any atom is 0.251 e. The quantitative estimate of drug-likeness (QED) is 0.791. The van der Waals surface area contributed by atoms with E-state index in [4.69, 9.17) is 0 Å². The smallest absolute Gasteiger partial charge is 0.251 e. The molecule has 1 rings (SSSR count). The van der Waals surface area contributed by atoms with Crippen LogP contribution in [-0.2, 0) is 0 Å². The Morgan fingerprint density at radius 1 is 1.20 bits per heavy atom. The van der Waals surface area contributed by atoms with Gasteiger partial charge in [0.2, 0.25) is 0 Å². The van der Waals surface area contributed by atoms with Crippen LogP contribution in [0.4, 0.5) is 0 Å². The lowest BCUT2D eigenvalue weighted by molar-refractivity contribution is 0.0943. The highest BCUT2D eigenvalue weighted by molar-refractivity contribution is 6.76. The van der Waals surface area contributed by atoms with Crippen molar-refractivity contribution in [3.8, 4) is 0 Å². The largest absolute Gasteiger partial charge is 0.350 e. The van der Waals surface area contributed by atoms with Crippen molar-refractivity contribution in [2.75, 3.05) is 0 Å². The molecule has 0 saturated carbocycles. The Labute approximate surface area is 125 Å². The van der Waals surface area contributed by atoms with Crippen molar-refractivity contribution >= 4 is 14.0 Å². The van der Waals surface area contributed by atoms with Gasteiger partial charge in [-0.15, -0.1) is 0 Å². The molecule has 0 aliphatic heterocycles. The van der Waals surface area contributed by atoms with E-state index in [0.717, 1.165) is 5.56 Å². The first kappa shape index (κ1) is 17.0. The lowest BCUT2D eigenvalue weighted by Crippen LogP contribution is -2.30.